The third kappa shape index (κ3) is 4.74. The lowest BCUT2D eigenvalue weighted by atomic mass is 9.93. The fourth-order valence-electron chi connectivity index (χ4n) is 3.81. The monoisotopic (exact) mass is 385 g/mol. The molecule has 1 unspecified atom stereocenters. The van der Waals surface area contributed by atoms with Gasteiger partial charge in [0.25, 0.3) is 5.91 Å². The molecule has 1 N–H and O–H groups in total. The third-order valence-corrected chi connectivity index (χ3v) is 6.12. The van der Waals surface area contributed by atoms with Crippen LogP contribution in [0.25, 0.3) is 0 Å². The predicted molar refractivity (Wildman–Crippen MR) is 103 cm³/mol. The standard InChI is InChI=1S/C18H27N3O2S.ClH/c1-19-9-6-14-7-11-20(12-8-14)17(22)15-4-2-10-21(15)18(23)16-5-3-13-24-16;/h3,5,13-15,19H,2,4,6-12H2,1H3;1H. The summed E-state index contributed by atoms with van der Waals surface area (Å²) in [6.07, 6.45) is 5.07. The highest BCUT2D eigenvalue weighted by molar-refractivity contribution is 7.12. The van der Waals surface area contributed by atoms with E-state index in [4.69, 9.17) is 0 Å². The molecule has 1 aromatic rings. The smallest absolute Gasteiger partial charge is 0.264 e. The second-order valence-electron chi connectivity index (χ2n) is 6.79. The highest BCUT2D eigenvalue weighted by Gasteiger charge is 2.38. The van der Waals surface area contributed by atoms with E-state index in [-0.39, 0.29) is 30.3 Å². The van der Waals surface area contributed by atoms with Gasteiger partial charge in [0.1, 0.15) is 6.04 Å². The molecule has 0 aromatic carbocycles. The second kappa shape index (κ2) is 9.55. The lowest BCUT2D eigenvalue weighted by Crippen LogP contribution is -2.50. The molecule has 0 saturated carbocycles. The molecule has 25 heavy (non-hydrogen) atoms. The first-order valence-corrected chi connectivity index (χ1v) is 9.86. The van der Waals surface area contributed by atoms with Crippen molar-refractivity contribution in [2.45, 2.75) is 38.1 Å². The average Bonchev–Trinajstić information content (AvgIpc) is 3.30. The zero-order valence-corrected chi connectivity index (χ0v) is 16.4. The van der Waals surface area contributed by atoms with E-state index >= 15 is 0 Å². The normalized spacial score (nSPS) is 21.2. The zero-order valence-electron chi connectivity index (χ0n) is 14.8. The number of carbonyl (C=O) groups excluding carboxylic acids is 2. The molecule has 7 heteroatoms. The Morgan fingerprint density at radius 2 is 2.00 bits per heavy atom. The topological polar surface area (TPSA) is 52.7 Å². The molecule has 2 fully saturated rings. The zero-order chi connectivity index (χ0) is 16.9. The molecular weight excluding hydrogens is 358 g/mol. The van der Waals surface area contributed by atoms with E-state index in [1.54, 1.807) is 4.90 Å². The third-order valence-electron chi connectivity index (χ3n) is 5.26. The van der Waals surface area contributed by atoms with Crippen molar-refractivity contribution >= 4 is 35.6 Å². The molecule has 1 atom stereocenters. The first kappa shape index (κ1) is 20.2. The Balaban J connectivity index is 0.00000225. The van der Waals surface area contributed by atoms with Crippen molar-refractivity contribution in [3.05, 3.63) is 22.4 Å². The maximum absolute atomic E-state index is 12.9. The summed E-state index contributed by atoms with van der Waals surface area (Å²) in [5.74, 6) is 0.892. The van der Waals surface area contributed by atoms with E-state index < -0.39 is 0 Å². The number of rotatable bonds is 5. The molecule has 5 nitrogen and oxygen atoms in total. The Labute approximate surface area is 160 Å². The van der Waals surface area contributed by atoms with E-state index in [1.807, 2.05) is 29.5 Å². The summed E-state index contributed by atoms with van der Waals surface area (Å²) in [5.41, 5.74) is 0. The summed E-state index contributed by atoms with van der Waals surface area (Å²) < 4.78 is 0. The minimum Gasteiger partial charge on any atom is -0.341 e. The number of thiophene rings is 1. The number of halogens is 1. The van der Waals surface area contributed by atoms with Gasteiger partial charge in [-0.05, 0) is 63.1 Å². The highest BCUT2D eigenvalue weighted by atomic mass is 35.5. The number of piperidine rings is 1. The summed E-state index contributed by atoms with van der Waals surface area (Å²) >= 11 is 1.45. The van der Waals surface area contributed by atoms with Gasteiger partial charge in [-0.1, -0.05) is 6.07 Å². The van der Waals surface area contributed by atoms with Gasteiger partial charge < -0.3 is 15.1 Å². The van der Waals surface area contributed by atoms with Crippen molar-refractivity contribution in [1.29, 1.82) is 0 Å². The summed E-state index contributed by atoms with van der Waals surface area (Å²) in [7, 11) is 1.98. The van der Waals surface area contributed by atoms with Gasteiger partial charge in [0, 0.05) is 19.6 Å². The number of likely N-dealkylation sites (tertiary alicyclic amines) is 2. The van der Waals surface area contributed by atoms with Crippen LogP contribution >= 0.6 is 23.7 Å². The first-order valence-electron chi connectivity index (χ1n) is 8.98. The van der Waals surface area contributed by atoms with Gasteiger partial charge in [0.2, 0.25) is 5.91 Å². The number of amides is 2. The van der Waals surface area contributed by atoms with Gasteiger partial charge in [-0.15, -0.1) is 23.7 Å². The molecule has 0 bridgehead atoms. The van der Waals surface area contributed by atoms with Gasteiger partial charge in [-0.2, -0.15) is 0 Å². The molecule has 2 aliphatic heterocycles. The Kier molecular flexibility index (Phi) is 7.72. The predicted octanol–water partition coefficient (Wildman–Crippen LogP) is 2.62. The maximum Gasteiger partial charge on any atom is 0.264 e. The average molecular weight is 386 g/mol. The van der Waals surface area contributed by atoms with Crippen molar-refractivity contribution in [2.24, 2.45) is 5.92 Å². The number of hydrogen-bond acceptors (Lipinski definition) is 4. The molecule has 2 amide bonds. The van der Waals surface area contributed by atoms with Gasteiger partial charge in [0.15, 0.2) is 0 Å². The van der Waals surface area contributed by atoms with Crippen LogP contribution in [0.5, 0.6) is 0 Å². The van der Waals surface area contributed by atoms with Crippen LogP contribution in [0.15, 0.2) is 17.5 Å². The molecular formula is C18H28ClN3O2S. The van der Waals surface area contributed by atoms with E-state index in [2.05, 4.69) is 5.32 Å². The van der Waals surface area contributed by atoms with Gasteiger partial charge in [-0.25, -0.2) is 0 Å². The molecule has 2 saturated heterocycles. The Hall–Kier alpha value is -1.11. The lowest BCUT2D eigenvalue weighted by Gasteiger charge is -2.35. The largest absolute Gasteiger partial charge is 0.341 e. The van der Waals surface area contributed by atoms with Crippen molar-refractivity contribution in [3.8, 4) is 0 Å². The van der Waals surface area contributed by atoms with Crippen LogP contribution in [0, 0.1) is 5.92 Å². The second-order valence-corrected chi connectivity index (χ2v) is 7.74. The van der Waals surface area contributed by atoms with Crippen molar-refractivity contribution in [1.82, 2.24) is 15.1 Å². The molecule has 1 aromatic heterocycles. The summed E-state index contributed by atoms with van der Waals surface area (Å²) in [6, 6.07) is 3.48. The van der Waals surface area contributed by atoms with Crippen LogP contribution in [0.2, 0.25) is 0 Å². The SMILES string of the molecule is CNCCC1CCN(C(=O)C2CCCN2C(=O)c2cccs2)CC1.Cl. The minimum absolute atomic E-state index is 0. The van der Waals surface area contributed by atoms with Crippen LogP contribution in [-0.4, -0.2) is 60.9 Å². The van der Waals surface area contributed by atoms with E-state index in [1.165, 1.54) is 17.8 Å². The molecule has 0 radical (unpaired) electrons. The highest BCUT2D eigenvalue weighted by Crippen LogP contribution is 2.26. The fraction of sp³-hybridized carbons (Fsp3) is 0.667. The first-order chi connectivity index (χ1) is 11.7. The molecule has 3 heterocycles. The summed E-state index contributed by atoms with van der Waals surface area (Å²) in [4.78, 5) is 30.1. The van der Waals surface area contributed by atoms with Crippen LogP contribution in [-0.2, 0) is 4.79 Å². The molecule has 3 rings (SSSR count). The number of hydrogen-bond donors (Lipinski definition) is 1. The van der Waals surface area contributed by atoms with Crippen LogP contribution in [0.3, 0.4) is 0 Å². The van der Waals surface area contributed by atoms with E-state index in [0.717, 1.165) is 50.2 Å². The Morgan fingerprint density at radius 3 is 2.64 bits per heavy atom. The van der Waals surface area contributed by atoms with Crippen molar-refractivity contribution in [3.63, 3.8) is 0 Å². The molecule has 2 aliphatic rings. The lowest BCUT2D eigenvalue weighted by molar-refractivity contribution is -0.136. The van der Waals surface area contributed by atoms with Crippen LogP contribution < -0.4 is 5.32 Å². The van der Waals surface area contributed by atoms with Crippen molar-refractivity contribution < 1.29 is 9.59 Å². The fourth-order valence-corrected chi connectivity index (χ4v) is 4.49. The number of nitrogens with zero attached hydrogens (tertiary/aromatic N) is 2. The van der Waals surface area contributed by atoms with Gasteiger partial charge in [-0.3, -0.25) is 9.59 Å². The van der Waals surface area contributed by atoms with Gasteiger partial charge in [0.05, 0.1) is 4.88 Å². The Bertz CT molecular complexity index is 559. The molecule has 0 aliphatic carbocycles. The quantitative estimate of drug-likeness (QED) is 0.847. The van der Waals surface area contributed by atoms with E-state index in [0.29, 0.717) is 12.5 Å². The summed E-state index contributed by atoms with van der Waals surface area (Å²) in [5, 5.41) is 5.11. The maximum atomic E-state index is 12.9. The van der Waals surface area contributed by atoms with E-state index in [9.17, 15) is 9.59 Å². The minimum atomic E-state index is -0.256. The summed E-state index contributed by atoms with van der Waals surface area (Å²) in [6.45, 7) is 3.42. The van der Waals surface area contributed by atoms with Crippen molar-refractivity contribution in [2.75, 3.05) is 33.2 Å². The van der Waals surface area contributed by atoms with Gasteiger partial charge >= 0.3 is 0 Å². The number of carbonyl (C=O) groups is 2. The number of nitrogens with one attached hydrogen (secondary N) is 1. The Morgan fingerprint density at radius 1 is 1.24 bits per heavy atom. The molecule has 140 valence electrons. The van der Waals surface area contributed by atoms with Crippen LogP contribution in [0.4, 0.5) is 0 Å². The van der Waals surface area contributed by atoms with Crippen LogP contribution in [0.1, 0.15) is 41.8 Å². The molecule has 0 spiro atoms.